The molecule has 0 saturated heterocycles. The van der Waals surface area contributed by atoms with Crippen LogP contribution in [-0.4, -0.2) is 19.7 Å². The first-order valence-electron chi connectivity index (χ1n) is 6.27. The van der Waals surface area contributed by atoms with Crippen molar-refractivity contribution in [1.29, 1.82) is 0 Å². The third-order valence-corrected chi connectivity index (χ3v) is 2.87. The molecule has 0 spiro atoms. The van der Waals surface area contributed by atoms with Crippen LogP contribution in [-0.2, 0) is 14.3 Å². The van der Waals surface area contributed by atoms with E-state index >= 15 is 0 Å². The molecule has 20 heavy (non-hydrogen) atoms. The summed E-state index contributed by atoms with van der Waals surface area (Å²) >= 11 is 0. The summed E-state index contributed by atoms with van der Waals surface area (Å²) in [5, 5.41) is 1.89. The molecule has 3 nitrogen and oxygen atoms in total. The summed E-state index contributed by atoms with van der Waals surface area (Å²) in [6.07, 6.45) is 0. The fraction of sp³-hybridized carbons (Fsp3) is 0.188. The molecule has 0 atom stereocenters. The van der Waals surface area contributed by atoms with Crippen molar-refractivity contribution in [2.45, 2.75) is 6.92 Å². The molecule has 0 bridgehead atoms. The van der Waals surface area contributed by atoms with Crippen LogP contribution in [0.15, 0.2) is 48.2 Å². The van der Waals surface area contributed by atoms with Gasteiger partial charge in [0.25, 0.3) is 0 Å². The minimum absolute atomic E-state index is 0.163. The number of carbonyl (C=O) groups excluding carboxylic acids is 1. The van der Waals surface area contributed by atoms with Gasteiger partial charge in [0.05, 0.1) is 13.7 Å². The van der Waals surface area contributed by atoms with Crippen LogP contribution in [0.5, 0.6) is 0 Å². The Morgan fingerprint density at radius 3 is 2.50 bits per heavy atom. The van der Waals surface area contributed by atoms with Gasteiger partial charge in [0.2, 0.25) is 5.76 Å². The topological polar surface area (TPSA) is 35.5 Å². The van der Waals surface area contributed by atoms with Crippen molar-refractivity contribution in [3.8, 4) is 0 Å². The zero-order chi connectivity index (χ0) is 14.5. The molecule has 2 aromatic carbocycles. The highest BCUT2D eigenvalue weighted by Gasteiger charge is 2.19. The van der Waals surface area contributed by atoms with E-state index in [1.54, 1.807) is 25.1 Å². The number of halogens is 1. The number of ether oxygens (including phenoxy) is 2. The van der Waals surface area contributed by atoms with Crippen LogP contribution in [0.4, 0.5) is 4.39 Å². The molecule has 0 radical (unpaired) electrons. The van der Waals surface area contributed by atoms with Crippen LogP contribution < -0.4 is 0 Å². The minimum atomic E-state index is -0.805. The van der Waals surface area contributed by atoms with Crippen LogP contribution in [0.25, 0.3) is 16.6 Å². The molecule has 0 amide bonds. The normalized spacial score (nSPS) is 11.9. The monoisotopic (exact) mass is 274 g/mol. The first-order valence-corrected chi connectivity index (χ1v) is 6.27. The third kappa shape index (κ3) is 2.79. The predicted octanol–water partition coefficient (Wildman–Crippen LogP) is 3.69. The highest BCUT2D eigenvalue weighted by molar-refractivity contribution is 5.95. The van der Waals surface area contributed by atoms with Crippen LogP contribution in [0.1, 0.15) is 12.5 Å². The van der Waals surface area contributed by atoms with Gasteiger partial charge < -0.3 is 9.47 Å². The molecule has 4 heteroatoms. The van der Waals surface area contributed by atoms with Crippen LogP contribution in [0.3, 0.4) is 0 Å². The van der Waals surface area contributed by atoms with E-state index in [2.05, 4.69) is 0 Å². The number of methoxy groups -OCH3 is 1. The summed E-state index contributed by atoms with van der Waals surface area (Å²) in [7, 11) is 1.24. The van der Waals surface area contributed by atoms with E-state index in [1.807, 2.05) is 24.3 Å². The highest BCUT2D eigenvalue weighted by atomic mass is 19.1. The summed E-state index contributed by atoms with van der Waals surface area (Å²) in [6.45, 7) is 1.82. The number of fused-ring (bicyclic) bond motifs is 1. The van der Waals surface area contributed by atoms with Gasteiger partial charge in [0, 0.05) is 5.56 Å². The standard InChI is InChI=1S/C16H15FO3/c1-3-20-16(18)15(19-2)14(17)13-9-8-11-6-4-5-7-12(11)10-13/h4-10H,3H2,1-2H3/b15-14-. The second-order valence-electron chi connectivity index (χ2n) is 4.13. The molecule has 0 fully saturated rings. The van der Waals surface area contributed by atoms with Gasteiger partial charge in [-0.25, -0.2) is 9.18 Å². The van der Waals surface area contributed by atoms with Gasteiger partial charge in [-0.15, -0.1) is 0 Å². The van der Waals surface area contributed by atoms with E-state index in [0.29, 0.717) is 0 Å². The maximum Gasteiger partial charge on any atom is 0.376 e. The second-order valence-corrected chi connectivity index (χ2v) is 4.13. The molecule has 0 aliphatic carbocycles. The molecule has 0 aliphatic rings. The van der Waals surface area contributed by atoms with Crippen molar-refractivity contribution in [1.82, 2.24) is 0 Å². The Hall–Kier alpha value is -2.36. The SMILES string of the molecule is CCOC(=O)/C(OC)=C(/F)c1ccc2ccccc2c1. The van der Waals surface area contributed by atoms with Crippen molar-refractivity contribution in [2.75, 3.05) is 13.7 Å². The summed E-state index contributed by atoms with van der Waals surface area (Å²) in [5.74, 6) is -1.94. The number of esters is 1. The van der Waals surface area contributed by atoms with E-state index in [1.165, 1.54) is 7.11 Å². The molecule has 0 N–H and O–H groups in total. The maximum atomic E-state index is 14.4. The lowest BCUT2D eigenvalue weighted by Crippen LogP contribution is -2.10. The summed E-state index contributed by atoms with van der Waals surface area (Å²) in [4.78, 5) is 11.6. The van der Waals surface area contributed by atoms with Crippen LogP contribution in [0.2, 0.25) is 0 Å². The van der Waals surface area contributed by atoms with Gasteiger partial charge in [-0.3, -0.25) is 0 Å². The number of benzene rings is 2. The molecule has 0 aromatic heterocycles. The minimum Gasteiger partial charge on any atom is -0.488 e. The van der Waals surface area contributed by atoms with Crippen molar-refractivity contribution in [2.24, 2.45) is 0 Å². The van der Waals surface area contributed by atoms with Gasteiger partial charge in [0.15, 0.2) is 5.83 Å². The van der Waals surface area contributed by atoms with Gasteiger partial charge in [0.1, 0.15) is 0 Å². The second kappa shape index (κ2) is 6.19. The lowest BCUT2D eigenvalue weighted by Gasteiger charge is -2.08. The molecular weight excluding hydrogens is 259 g/mol. The average molecular weight is 274 g/mol. The third-order valence-electron chi connectivity index (χ3n) is 2.87. The van der Waals surface area contributed by atoms with Crippen LogP contribution >= 0.6 is 0 Å². The van der Waals surface area contributed by atoms with Crippen molar-refractivity contribution in [3.05, 3.63) is 53.8 Å². The lowest BCUT2D eigenvalue weighted by molar-refractivity contribution is -0.142. The van der Waals surface area contributed by atoms with E-state index < -0.39 is 17.6 Å². The zero-order valence-electron chi connectivity index (χ0n) is 11.4. The number of carbonyl (C=O) groups is 1. The average Bonchev–Trinajstić information content (AvgIpc) is 2.47. The van der Waals surface area contributed by atoms with Gasteiger partial charge >= 0.3 is 5.97 Å². The fourth-order valence-corrected chi connectivity index (χ4v) is 1.92. The molecule has 0 saturated carbocycles. The molecule has 104 valence electrons. The summed E-state index contributed by atoms with van der Waals surface area (Å²) < 4.78 is 23.9. The Morgan fingerprint density at radius 2 is 1.85 bits per heavy atom. The lowest BCUT2D eigenvalue weighted by atomic mass is 10.1. The number of hydrogen-bond donors (Lipinski definition) is 0. The zero-order valence-corrected chi connectivity index (χ0v) is 11.4. The summed E-state index contributed by atoms with van der Waals surface area (Å²) in [6, 6.07) is 12.7. The molecule has 0 aliphatic heterocycles. The molecule has 0 unspecified atom stereocenters. The quantitative estimate of drug-likeness (QED) is 0.484. The van der Waals surface area contributed by atoms with Gasteiger partial charge in [-0.05, 0) is 23.8 Å². The van der Waals surface area contributed by atoms with Gasteiger partial charge in [-0.1, -0.05) is 36.4 Å². The number of rotatable bonds is 4. The Kier molecular flexibility index (Phi) is 4.35. The maximum absolute atomic E-state index is 14.4. The molecule has 2 rings (SSSR count). The fourth-order valence-electron chi connectivity index (χ4n) is 1.92. The van der Waals surface area contributed by atoms with Crippen molar-refractivity contribution < 1.29 is 18.7 Å². The first kappa shape index (κ1) is 14.1. The smallest absolute Gasteiger partial charge is 0.376 e. The highest BCUT2D eigenvalue weighted by Crippen LogP contribution is 2.25. The van der Waals surface area contributed by atoms with Gasteiger partial charge in [-0.2, -0.15) is 0 Å². The van der Waals surface area contributed by atoms with Crippen LogP contribution in [0, 0.1) is 0 Å². The Bertz CT molecular complexity index is 662. The number of hydrogen-bond acceptors (Lipinski definition) is 3. The van der Waals surface area contributed by atoms with E-state index in [4.69, 9.17) is 9.47 Å². The Balaban J connectivity index is 2.47. The Labute approximate surface area is 116 Å². The molecule has 0 heterocycles. The predicted molar refractivity (Wildman–Crippen MR) is 75.6 cm³/mol. The van der Waals surface area contributed by atoms with Crippen molar-refractivity contribution >= 4 is 22.6 Å². The molecule has 2 aromatic rings. The van der Waals surface area contributed by atoms with Crippen molar-refractivity contribution in [3.63, 3.8) is 0 Å². The molecular formula is C16H15FO3. The largest absolute Gasteiger partial charge is 0.488 e. The first-order chi connectivity index (χ1) is 9.67. The summed E-state index contributed by atoms with van der Waals surface area (Å²) in [5.41, 5.74) is 0.286. The van der Waals surface area contributed by atoms with E-state index in [-0.39, 0.29) is 12.2 Å². The van der Waals surface area contributed by atoms with E-state index in [0.717, 1.165) is 10.8 Å². The Morgan fingerprint density at radius 1 is 1.15 bits per heavy atom. The van der Waals surface area contributed by atoms with E-state index in [9.17, 15) is 9.18 Å².